The topological polar surface area (TPSA) is 92.4 Å². The highest BCUT2D eigenvalue weighted by molar-refractivity contribution is 9.10. The number of aliphatic carboxylic acids is 1. The lowest BCUT2D eigenvalue weighted by molar-refractivity contribution is -0.137. The number of amides is 1. The quantitative estimate of drug-likeness (QED) is 0.698. The molecule has 1 aromatic rings. The Balaban J connectivity index is 2.49. The van der Waals surface area contributed by atoms with Crippen LogP contribution in [0.5, 0.6) is 0 Å². The number of carbonyl (C=O) groups excluding carboxylic acids is 1. The van der Waals surface area contributed by atoms with Crippen LogP contribution in [0, 0.1) is 5.92 Å². The zero-order valence-corrected chi connectivity index (χ0v) is 12.2. The van der Waals surface area contributed by atoms with E-state index >= 15 is 0 Å². The van der Waals surface area contributed by atoms with Gasteiger partial charge in [0.05, 0.1) is 5.56 Å². The molecule has 0 aliphatic heterocycles. The smallest absolute Gasteiger partial charge is 0.303 e. The number of nitrogen functional groups attached to an aromatic ring is 1. The number of carboxylic acid groups (broad SMARTS) is 1. The van der Waals surface area contributed by atoms with Crippen molar-refractivity contribution >= 4 is 33.5 Å². The Hall–Kier alpha value is -1.56. The van der Waals surface area contributed by atoms with Gasteiger partial charge in [-0.3, -0.25) is 9.59 Å². The summed E-state index contributed by atoms with van der Waals surface area (Å²) in [4.78, 5) is 22.3. The first-order chi connectivity index (χ1) is 8.90. The molecule has 104 valence electrons. The molecule has 0 fully saturated rings. The van der Waals surface area contributed by atoms with Crippen LogP contribution in [0.1, 0.15) is 30.1 Å². The summed E-state index contributed by atoms with van der Waals surface area (Å²) < 4.78 is 0.816. The third-order valence-electron chi connectivity index (χ3n) is 2.72. The Morgan fingerprint density at radius 3 is 2.74 bits per heavy atom. The van der Waals surface area contributed by atoms with Crippen LogP contribution < -0.4 is 11.1 Å². The Morgan fingerprint density at radius 1 is 1.47 bits per heavy atom. The molecule has 0 bridgehead atoms. The molecule has 1 rings (SSSR count). The molecule has 1 atom stereocenters. The van der Waals surface area contributed by atoms with Gasteiger partial charge in [-0.25, -0.2) is 0 Å². The number of carboxylic acids is 1. The van der Waals surface area contributed by atoms with Crippen molar-refractivity contribution in [3.63, 3.8) is 0 Å². The number of halogens is 1. The van der Waals surface area contributed by atoms with Crippen LogP contribution in [0.2, 0.25) is 0 Å². The lowest BCUT2D eigenvalue weighted by atomic mass is 10.1. The molecule has 0 aromatic heterocycles. The molecule has 5 nitrogen and oxygen atoms in total. The average molecular weight is 329 g/mol. The first kappa shape index (κ1) is 15.5. The summed E-state index contributed by atoms with van der Waals surface area (Å²) in [5.74, 6) is -0.959. The number of nitrogens with one attached hydrogen (secondary N) is 1. The van der Waals surface area contributed by atoms with Crippen LogP contribution >= 0.6 is 15.9 Å². The number of hydrogen-bond acceptors (Lipinski definition) is 3. The highest BCUT2D eigenvalue weighted by Gasteiger charge is 2.11. The normalized spacial score (nSPS) is 11.9. The van der Waals surface area contributed by atoms with Gasteiger partial charge in [0.25, 0.3) is 5.91 Å². The van der Waals surface area contributed by atoms with Crippen molar-refractivity contribution in [2.45, 2.75) is 19.8 Å². The summed E-state index contributed by atoms with van der Waals surface area (Å²) in [5, 5.41) is 11.3. The molecule has 0 aliphatic rings. The number of benzene rings is 1. The standard InChI is InChI=1S/C13H17BrN2O3/c1-8(2-5-12(17)18)7-16-13(19)10-4-3-9(14)6-11(10)15/h3-4,6,8H,2,5,7,15H2,1H3,(H,16,19)(H,17,18). The maximum atomic E-state index is 11.9. The third kappa shape index (κ3) is 5.30. The summed E-state index contributed by atoms with van der Waals surface area (Å²) in [6.45, 7) is 2.33. The minimum Gasteiger partial charge on any atom is -0.481 e. The predicted molar refractivity (Wildman–Crippen MR) is 76.9 cm³/mol. The molecule has 6 heteroatoms. The predicted octanol–water partition coefficient (Wildman–Crippen LogP) is 2.26. The van der Waals surface area contributed by atoms with Gasteiger partial charge in [0.1, 0.15) is 0 Å². The highest BCUT2D eigenvalue weighted by Crippen LogP contribution is 2.18. The molecule has 0 radical (unpaired) electrons. The Morgan fingerprint density at radius 2 is 2.16 bits per heavy atom. The Bertz CT molecular complexity index is 477. The third-order valence-corrected chi connectivity index (χ3v) is 3.21. The number of nitrogens with two attached hydrogens (primary N) is 1. The van der Waals surface area contributed by atoms with Crippen molar-refractivity contribution in [2.24, 2.45) is 5.92 Å². The maximum Gasteiger partial charge on any atom is 0.303 e. The molecule has 19 heavy (non-hydrogen) atoms. The van der Waals surface area contributed by atoms with Crippen molar-refractivity contribution in [3.8, 4) is 0 Å². The van der Waals surface area contributed by atoms with E-state index in [2.05, 4.69) is 21.2 Å². The molecular weight excluding hydrogens is 312 g/mol. The van der Waals surface area contributed by atoms with Gasteiger partial charge < -0.3 is 16.2 Å². The van der Waals surface area contributed by atoms with Crippen LogP contribution in [-0.2, 0) is 4.79 Å². The minimum absolute atomic E-state index is 0.108. The van der Waals surface area contributed by atoms with E-state index in [1.54, 1.807) is 18.2 Å². The monoisotopic (exact) mass is 328 g/mol. The highest BCUT2D eigenvalue weighted by atomic mass is 79.9. The second-order valence-electron chi connectivity index (χ2n) is 4.48. The van der Waals surface area contributed by atoms with E-state index in [1.165, 1.54) is 0 Å². The lowest BCUT2D eigenvalue weighted by Crippen LogP contribution is -2.29. The Kier molecular flexibility index (Phi) is 5.82. The van der Waals surface area contributed by atoms with E-state index in [1.807, 2.05) is 6.92 Å². The van der Waals surface area contributed by atoms with E-state index in [0.717, 1.165) is 4.47 Å². The fourth-order valence-electron chi connectivity index (χ4n) is 1.57. The molecule has 1 amide bonds. The van der Waals surface area contributed by atoms with E-state index in [4.69, 9.17) is 10.8 Å². The SMILES string of the molecule is CC(CCC(=O)O)CNC(=O)c1ccc(Br)cc1N. The van der Waals surface area contributed by atoms with E-state index in [-0.39, 0.29) is 18.2 Å². The number of anilines is 1. The van der Waals surface area contributed by atoms with Gasteiger partial charge >= 0.3 is 5.97 Å². The van der Waals surface area contributed by atoms with Crippen molar-refractivity contribution in [1.29, 1.82) is 0 Å². The van der Waals surface area contributed by atoms with Crippen molar-refractivity contribution < 1.29 is 14.7 Å². The van der Waals surface area contributed by atoms with Crippen LogP contribution in [-0.4, -0.2) is 23.5 Å². The number of carbonyl (C=O) groups is 2. The molecule has 0 saturated carbocycles. The van der Waals surface area contributed by atoms with Crippen LogP contribution in [0.4, 0.5) is 5.69 Å². The van der Waals surface area contributed by atoms with Gasteiger partial charge in [-0.1, -0.05) is 22.9 Å². The van der Waals surface area contributed by atoms with Crippen LogP contribution in [0.3, 0.4) is 0 Å². The molecule has 4 N–H and O–H groups in total. The van der Waals surface area contributed by atoms with E-state index < -0.39 is 5.97 Å². The number of rotatable bonds is 6. The van der Waals surface area contributed by atoms with Gasteiger partial charge in [-0.05, 0) is 30.5 Å². The molecule has 1 aromatic carbocycles. The fraction of sp³-hybridized carbons (Fsp3) is 0.385. The zero-order chi connectivity index (χ0) is 14.4. The summed E-state index contributed by atoms with van der Waals surface area (Å²) in [6.07, 6.45) is 0.642. The summed E-state index contributed by atoms with van der Waals surface area (Å²) >= 11 is 3.27. The first-order valence-electron chi connectivity index (χ1n) is 5.95. The van der Waals surface area contributed by atoms with Gasteiger partial charge in [0.2, 0.25) is 0 Å². The first-order valence-corrected chi connectivity index (χ1v) is 6.74. The van der Waals surface area contributed by atoms with Gasteiger partial charge in [0, 0.05) is 23.1 Å². The van der Waals surface area contributed by atoms with Gasteiger partial charge in [-0.2, -0.15) is 0 Å². The number of hydrogen-bond donors (Lipinski definition) is 3. The molecule has 1 unspecified atom stereocenters. The minimum atomic E-state index is -0.824. The lowest BCUT2D eigenvalue weighted by Gasteiger charge is -2.12. The summed E-state index contributed by atoms with van der Waals surface area (Å²) in [6, 6.07) is 5.07. The van der Waals surface area contributed by atoms with Crippen molar-refractivity contribution in [3.05, 3.63) is 28.2 Å². The molecule has 0 aliphatic carbocycles. The molecule has 0 spiro atoms. The van der Waals surface area contributed by atoms with E-state index in [0.29, 0.717) is 24.2 Å². The molecule has 0 saturated heterocycles. The maximum absolute atomic E-state index is 11.9. The van der Waals surface area contributed by atoms with Crippen molar-refractivity contribution in [1.82, 2.24) is 5.32 Å². The largest absolute Gasteiger partial charge is 0.481 e. The summed E-state index contributed by atoms with van der Waals surface area (Å²) in [5.41, 5.74) is 6.59. The van der Waals surface area contributed by atoms with Crippen LogP contribution in [0.15, 0.2) is 22.7 Å². The molecular formula is C13H17BrN2O3. The zero-order valence-electron chi connectivity index (χ0n) is 10.6. The summed E-state index contributed by atoms with van der Waals surface area (Å²) in [7, 11) is 0. The van der Waals surface area contributed by atoms with Gasteiger partial charge in [0.15, 0.2) is 0 Å². The van der Waals surface area contributed by atoms with Crippen molar-refractivity contribution in [2.75, 3.05) is 12.3 Å². The van der Waals surface area contributed by atoms with Gasteiger partial charge in [-0.15, -0.1) is 0 Å². The van der Waals surface area contributed by atoms with E-state index in [9.17, 15) is 9.59 Å². The average Bonchev–Trinajstić information content (AvgIpc) is 2.33. The second kappa shape index (κ2) is 7.13. The second-order valence-corrected chi connectivity index (χ2v) is 5.39. The fourth-order valence-corrected chi connectivity index (χ4v) is 1.95. The van der Waals surface area contributed by atoms with Crippen LogP contribution in [0.25, 0.3) is 0 Å². The molecule has 0 heterocycles. The Labute approximate surface area is 120 Å².